The van der Waals surface area contributed by atoms with Crippen LogP contribution in [0.25, 0.3) is 0 Å². The minimum atomic E-state index is -3.75. The largest absolute Gasteiger partial charge is 0.424 e. The average molecular weight is 448 g/mol. The predicted molar refractivity (Wildman–Crippen MR) is 121 cm³/mol. The third kappa shape index (κ3) is 7.81. The van der Waals surface area contributed by atoms with Crippen molar-refractivity contribution in [2.45, 2.75) is 46.0 Å². The molecule has 0 radical (unpaired) electrons. The smallest absolute Gasteiger partial charge is 0.376 e. The molecule has 0 aromatic heterocycles. The zero-order valence-corrected chi connectivity index (χ0v) is 18.8. The molecule has 0 aliphatic heterocycles. The molecule has 168 valence electrons. The van der Waals surface area contributed by atoms with Gasteiger partial charge in [0.2, 0.25) is 5.91 Å². The molecule has 2 rings (SSSR count). The van der Waals surface area contributed by atoms with Crippen LogP contribution in [0.2, 0.25) is 0 Å². The Hall–Kier alpha value is -2.70. The number of carbonyl (C=O) groups is 1. The molecular weight excluding hydrogens is 419 g/mol. The molecule has 2 aromatic rings. The summed E-state index contributed by atoms with van der Waals surface area (Å²) >= 11 is 0. The molecule has 9 heteroatoms. The van der Waals surface area contributed by atoms with Gasteiger partial charge in [0.05, 0.1) is 17.5 Å². The first-order valence-electron chi connectivity index (χ1n) is 10.4. The van der Waals surface area contributed by atoms with Crippen LogP contribution in [0, 0.1) is 10.1 Å². The summed E-state index contributed by atoms with van der Waals surface area (Å²) < 4.78 is 17.6. The topological polar surface area (TPSA) is 110 Å². The van der Waals surface area contributed by atoms with Gasteiger partial charge in [0.25, 0.3) is 5.69 Å². The van der Waals surface area contributed by atoms with Crippen LogP contribution in [-0.2, 0) is 15.8 Å². The molecule has 2 aromatic carbocycles. The number of hydrogen-bond donors (Lipinski definition) is 1. The van der Waals surface area contributed by atoms with E-state index in [9.17, 15) is 24.4 Å². The number of unbranched alkanes of at least 4 members (excludes halogenated alkanes) is 2. The molecule has 0 saturated carbocycles. The van der Waals surface area contributed by atoms with Gasteiger partial charge in [0.15, 0.2) is 0 Å². The van der Waals surface area contributed by atoms with Gasteiger partial charge in [-0.1, -0.05) is 44.9 Å². The van der Waals surface area contributed by atoms with Gasteiger partial charge in [-0.3, -0.25) is 14.9 Å². The maximum atomic E-state index is 13.0. The van der Waals surface area contributed by atoms with Crippen LogP contribution in [0.15, 0.2) is 48.5 Å². The molecule has 1 amide bonds. The Balaban J connectivity index is 2.19. The molecule has 1 N–H and O–H groups in total. The SMILES string of the molecule is CCCCN(C(=O)Cc1ccc([N+](=O)[O-])cc1)c1cccc(OP(=O)(O)CCCC)c1. The summed E-state index contributed by atoms with van der Waals surface area (Å²) in [5.41, 5.74) is 1.22. The Morgan fingerprint density at radius 2 is 1.81 bits per heavy atom. The van der Waals surface area contributed by atoms with E-state index in [4.69, 9.17) is 4.52 Å². The zero-order valence-electron chi connectivity index (χ0n) is 17.9. The van der Waals surface area contributed by atoms with Crippen molar-refractivity contribution >= 4 is 24.9 Å². The molecule has 31 heavy (non-hydrogen) atoms. The molecular formula is C22H29N2O6P. The predicted octanol–water partition coefficient (Wildman–Crippen LogP) is 5.33. The number of nitrogens with zero attached hydrogens (tertiary/aromatic N) is 2. The standard InChI is InChI=1S/C22H29N2O6P/c1-3-5-14-23(22(25)16-18-10-12-19(13-11-18)24(26)27)20-8-7-9-21(17-20)30-31(28,29)15-6-4-2/h7-13,17H,3-6,14-16H2,1-2H3,(H,28,29). The van der Waals surface area contributed by atoms with Crippen molar-refractivity contribution in [3.63, 3.8) is 0 Å². The van der Waals surface area contributed by atoms with Gasteiger partial charge in [0.1, 0.15) is 5.75 Å². The molecule has 1 atom stereocenters. The first kappa shape index (κ1) is 24.6. The molecule has 0 heterocycles. The number of rotatable bonds is 12. The Morgan fingerprint density at radius 3 is 2.42 bits per heavy atom. The van der Waals surface area contributed by atoms with Crippen LogP contribution in [-0.4, -0.2) is 28.4 Å². The minimum Gasteiger partial charge on any atom is -0.424 e. The Morgan fingerprint density at radius 1 is 1.13 bits per heavy atom. The van der Waals surface area contributed by atoms with Crippen LogP contribution >= 0.6 is 7.60 Å². The number of amides is 1. The van der Waals surface area contributed by atoms with Crippen LogP contribution in [0.3, 0.4) is 0 Å². The van der Waals surface area contributed by atoms with E-state index in [1.807, 2.05) is 13.8 Å². The summed E-state index contributed by atoms with van der Waals surface area (Å²) in [6.07, 6.45) is 3.21. The van der Waals surface area contributed by atoms with E-state index in [-0.39, 0.29) is 29.9 Å². The molecule has 0 fully saturated rings. The van der Waals surface area contributed by atoms with E-state index >= 15 is 0 Å². The monoisotopic (exact) mass is 448 g/mol. The van der Waals surface area contributed by atoms with Crippen LogP contribution in [0.4, 0.5) is 11.4 Å². The van der Waals surface area contributed by atoms with Crippen molar-refractivity contribution in [3.05, 3.63) is 64.2 Å². The molecule has 0 spiro atoms. The number of non-ortho nitro benzene ring substituents is 1. The first-order chi connectivity index (χ1) is 14.8. The fourth-order valence-corrected chi connectivity index (χ4v) is 4.25. The molecule has 0 saturated heterocycles. The second-order valence-electron chi connectivity index (χ2n) is 7.30. The lowest BCUT2D eigenvalue weighted by molar-refractivity contribution is -0.384. The van der Waals surface area contributed by atoms with Crippen molar-refractivity contribution in [2.24, 2.45) is 0 Å². The normalized spacial score (nSPS) is 12.7. The summed E-state index contributed by atoms with van der Waals surface area (Å²) in [6, 6.07) is 12.5. The highest BCUT2D eigenvalue weighted by Crippen LogP contribution is 2.44. The van der Waals surface area contributed by atoms with Crippen molar-refractivity contribution in [1.29, 1.82) is 0 Å². The molecule has 0 aliphatic carbocycles. The highest BCUT2D eigenvalue weighted by Gasteiger charge is 2.22. The number of nitro benzene ring substituents is 1. The third-order valence-electron chi connectivity index (χ3n) is 4.71. The second-order valence-corrected chi connectivity index (χ2v) is 9.21. The lowest BCUT2D eigenvalue weighted by atomic mass is 10.1. The molecule has 1 unspecified atom stereocenters. The first-order valence-corrected chi connectivity index (χ1v) is 12.2. The van der Waals surface area contributed by atoms with E-state index in [1.54, 1.807) is 41.3 Å². The quantitative estimate of drug-likeness (QED) is 0.267. The summed E-state index contributed by atoms with van der Waals surface area (Å²) in [6.45, 7) is 4.44. The van der Waals surface area contributed by atoms with Crippen LogP contribution < -0.4 is 9.42 Å². The van der Waals surface area contributed by atoms with Crippen LogP contribution in [0.5, 0.6) is 5.75 Å². The highest BCUT2D eigenvalue weighted by atomic mass is 31.2. The van der Waals surface area contributed by atoms with Gasteiger partial charge in [-0.15, -0.1) is 0 Å². The van der Waals surface area contributed by atoms with Gasteiger partial charge in [-0.25, -0.2) is 4.57 Å². The van der Waals surface area contributed by atoms with Gasteiger partial charge in [0, 0.05) is 30.4 Å². The van der Waals surface area contributed by atoms with Crippen molar-refractivity contribution < 1.29 is 23.7 Å². The maximum absolute atomic E-state index is 13.0. The molecule has 8 nitrogen and oxygen atoms in total. The Kier molecular flexibility index (Phi) is 9.21. The average Bonchev–Trinajstić information content (AvgIpc) is 2.73. The van der Waals surface area contributed by atoms with E-state index in [0.29, 0.717) is 24.2 Å². The third-order valence-corrected chi connectivity index (χ3v) is 6.09. The second kappa shape index (κ2) is 11.6. The fraction of sp³-hybridized carbons (Fsp3) is 0.409. The zero-order chi connectivity index (χ0) is 22.9. The van der Waals surface area contributed by atoms with Gasteiger partial charge in [-0.2, -0.15) is 0 Å². The molecule has 0 aliphatic rings. The summed E-state index contributed by atoms with van der Waals surface area (Å²) in [4.78, 5) is 35.0. The van der Waals surface area contributed by atoms with Crippen molar-refractivity contribution in [2.75, 3.05) is 17.6 Å². The Labute approximate surface area is 182 Å². The van der Waals surface area contributed by atoms with E-state index in [1.165, 1.54) is 12.1 Å². The van der Waals surface area contributed by atoms with Gasteiger partial charge < -0.3 is 14.3 Å². The number of anilines is 1. The van der Waals surface area contributed by atoms with Crippen molar-refractivity contribution in [3.8, 4) is 5.75 Å². The Bertz CT molecular complexity index is 932. The summed E-state index contributed by atoms with van der Waals surface area (Å²) in [5, 5.41) is 10.8. The number of carbonyl (C=O) groups excluding carboxylic acids is 1. The van der Waals surface area contributed by atoms with Gasteiger partial charge >= 0.3 is 7.60 Å². The number of nitro groups is 1. The van der Waals surface area contributed by atoms with Crippen LogP contribution in [0.1, 0.15) is 45.1 Å². The van der Waals surface area contributed by atoms with Crippen molar-refractivity contribution in [1.82, 2.24) is 0 Å². The number of hydrogen-bond acceptors (Lipinski definition) is 5. The molecule has 0 bridgehead atoms. The van der Waals surface area contributed by atoms with E-state index in [0.717, 1.165) is 19.3 Å². The maximum Gasteiger partial charge on any atom is 0.376 e. The number of benzene rings is 2. The fourth-order valence-electron chi connectivity index (χ4n) is 3.00. The van der Waals surface area contributed by atoms with Gasteiger partial charge in [-0.05, 0) is 30.5 Å². The highest BCUT2D eigenvalue weighted by molar-refractivity contribution is 7.53. The van der Waals surface area contributed by atoms with E-state index in [2.05, 4.69) is 0 Å². The lowest BCUT2D eigenvalue weighted by Crippen LogP contribution is -2.33. The summed E-state index contributed by atoms with van der Waals surface area (Å²) in [7, 11) is -3.75. The minimum absolute atomic E-state index is 0.0274. The summed E-state index contributed by atoms with van der Waals surface area (Å²) in [5.74, 6) is 0.0710. The van der Waals surface area contributed by atoms with E-state index < -0.39 is 12.5 Å². The lowest BCUT2D eigenvalue weighted by Gasteiger charge is -2.24.